The van der Waals surface area contributed by atoms with Gasteiger partial charge in [0.25, 0.3) is 0 Å². The first-order valence-corrected chi connectivity index (χ1v) is 7.40. The van der Waals surface area contributed by atoms with Crippen LogP contribution in [0.4, 0.5) is 0 Å². The molecule has 1 heteroatoms. The van der Waals surface area contributed by atoms with E-state index < -0.39 is 0 Å². The van der Waals surface area contributed by atoms with Crippen LogP contribution in [0.3, 0.4) is 0 Å². The summed E-state index contributed by atoms with van der Waals surface area (Å²) in [5.41, 5.74) is 4.70. The maximum Gasteiger partial charge on any atom is 0.00157 e. The maximum atomic E-state index is 2.44. The predicted octanol–water partition coefficient (Wildman–Crippen LogP) is 3.94. The van der Waals surface area contributed by atoms with Crippen LogP contribution < -0.4 is 0 Å². The molecule has 0 aliphatic heterocycles. The Bertz CT molecular complexity index is 355. The van der Waals surface area contributed by atoms with E-state index in [4.69, 9.17) is 0 Å². The van der Waals surface area contributed by atoms with Crippen LogP contribution in [0.15, 0.2) is 18.2 Å². The fourth-order valence-electron chi connectivity index (χ4n) is 2.50. The topological polar surface area (TPSA) is 3.24 Å². The number of fused-ring (bicyclic) bond motifs is 1. The number of aryl methyl sites for hydroxylation is 1. The molecule has 0 saturated heterocycles. The maximum absolute atomic E-state index is 2.44. The molecule has 0 heterocycles. The molecule has 0 bridgehead atoms. The van der Waals surface area contributed by atoms with Crippen molar-refractivity contribution >= 4 is 0 Å². The van der Waals surface area contributed by atoms with Gasteiger partial charge in [0.15, 0.2) is 0 Å². The van der Waals surface area contributed by atoms with E-state index in [9.17, 15) is 0 Å². The molecule has 0 amide bonds. The minimum atomic E-state index is 0.875. The molecule has 1 atom stereocenters. The summed E-state index contributed by atoms with van der Waals surface area (Å²) in [6.07, 6.45) is 5.11. The minimum Gasteiger partial charge on any atom is -0.309 e. The zero-order valence-electron chi connectivity index (χ0n) is 12.8. The highest BCUT2D eigenvalue weighted by atomic mass is 15.0. The van der Waals surface area contributed by atoms with E-state index in [0.29, 0.717) is 0 Å². The molecule has 1 aromatic rings. The van der Waals surface area contributed by atoms with Crippen molar-refractivity contribution in [3.63, 3.8) is 0 Å². The van der Waals surface area contributed by atoms with Crippen LogP contribution in [0.1, 0.15) is 43.9 Å². The van der Waals surface area contributed by atoms with Crippen LogP contribution in [0.25, 0.3) is 0 Å². The van der Waals surface area contributed by atoms with Crippen LogP contribution in [0.5, 0.6) is 0 Å². The number of rotatable bonds is 3. The average molecular weight is 247 g/mol. The van der Waals surface area contributed by atoms with Gasteiger partial charge in [0.2, 0.25) is 0 Å². The second-order valence-corrected chi connectivity index (χ2v) is 5.50. The second-order valence-electron chi connectivity index (χ2n) is 5.50. The Morgan fingerprint density at radius 3 is 2.56 bits per heavy atom. The first kappa shape index (κ1) is 15.2. The zero-order chi connectivity index (χ0) is 13.5. The number of nitrogens with zero attached hydrogens (tertiary/aromatic N) is 1. The highest BCUT2D eigenvalue weighted by molar-refractivity contribution is 5.34. The van der Waals surface area contributed by atoms with Gasteiger partial charge in [-0.25, -0.2) is 0 Å². The molecule has 0 radical (unpaired) electrons. The van der Waals surface area contributed by atoms with Crippen molar-refractivity contribution in [2.75, 3.05) is 20.6 Å². The minimum absolute atomic E-state index is 0.875. The summed E-state index contributed by atoms with van der Waals surface area (Å²) in [6, 6.07) is 7.11. The fraction of sp³-hybridized carbons (Fsp3) is 0.647. The third-order valence-electron chi connectivity index (χ3n) is 3.59. The van der Waals surface area contributed by atoms with Gasteiger partial charge in [-0.3, -0.25) is 0 Å². The quantitative estimate of drug-likeness (QED) is 0.782. The lowest BCUT2D eigenvalue weighted by Gasteiger charge is -2.22. The third-order valence-corrected chi connectivity index (χ3v) is 3.59. The summed E-state index contributed by atoms with van der Waals surface area (Å²) >= 11 is 0. The first-order valence-electron chi connectivity index (χ1n) is 7.40. The van der Waals surface area contributed by atoms with Crippen LogP contribution in [0.2, 0.25) is 0 Å². The summed E-state index contributed by atoms with van der Waals surface area (Å²) in [4.78, 5) is 2.25. The Morgan fingerprint density at radius 2 is 1.89 bits per heavy atom. The van der Waals surface area contributed by atoms with Gasteiger partial charge in [-0.2, -0.15) is 0 Å². The molecule has 0 aromatic heterocycles. The molecule has 1 nitrogen and oxygen atoms in total. The summed E-state index contributed by atoms with van der Waals surface area (Å²) in [5.74, 6) is 0.875. The van der Waals surface area contributed by atoms with E-state index in [2.05, 4.69) is 44.1 Å². The van der Waals surface area contributed by atoms with Gasteiger partial charge in [-0.15, -0.1) is 0 Å². The summed E-state index contributed by atoms with van der Waals surface area (Å²) in [7, 11) is 4.28. The molecule has 1 aliphatic rings. The second kappa shape index (κ2) is 7.58. The molecule has 2 rings (SSSR count). The normalized spacial score (nSPS) is 18.0. The molecule has 1 aromatic carbocycles. The van der Waals surface area contributed by atoms with E-state index in [1.807, 2.05) is 13.8 Å². The molecule has 0 saturated carbocycles. The number of hydrogen-bond donors (Lipinski definition) is 0. The Balaban J connectivity index is 0.000000771. The Kier molecular flexibility index (Phi) is 6.42. The van der Waals surface area contributed by atoms with Gasteiger partial charge in [0.1, 0.15) is 0 Å². The van der Waals surface area contributed by atoms with Crippen molar-refractivity contribution in [1.82, 2.24) is 4.90 Å². The molecule has 0 fully saturated rings. The molecule has 1 aliphatic carbocycles. The summed E-state index contributed by atoms with van der Waals surface area (Å²) in [5, 5.41) is 0. The van der Waals surface area contributed by atoms with Crippen molar-refractivity contribution in [3.05, 3.63) is 34.9 Å². The predicted molar refractivity (Wildman–Crippen MR) is 81.2 cm³/mol. The largest absolute Gasteiger partial charge is 0.309 e. The van der Waals surface area contributed by atoms with Crippen LogP contribution in [-0.4, -0.2) is 25.5 Å². The van der Waals surface area contributed by atoms with E-state index >= 15 is 0 Å². The number of hydrogen-bond acceptors (Lipinski definition) is 1. The van der Waals surface area contributed by atoms with E-state index in [0.717, 1.165) is 12.5 Å². The summed E-state index contributed by atoms with van der Waals surface area (Å²) < 4.78 is 0. The SMILES string of the molecule is CC.CC1CCc2cc(CCN(C)C)ccc2C1. The Labute approximate surface area is 113 Å². The molecule has 0 spiro atoms. The van der Waals surface area contributed by atoms with E-state index in [1.54, 1.807) is 11.1 Å². The summed E-state index contributed by atoms with van der Waals surface area (Å²) in [6.45, 7) is 7.51. The number of benzene rings is 1. The van der Waals surface area contributed by atoms with Crippen molar-refractivity contribution in [2.45, 2.75) is 46.5 Å². The van der Waals surface area contributed by atoms with Crippen molar-refractivity contribution < 1.29 is 0 Å². The Hall–Kier alpha value is -0.820. The molecule has 1 unspecified atom stereocenters. The van der Waals surface area contributed by atoms with Gasteiger partial charge in [-0.05, 0) is 62.4 Å². The Morgan fingerprint density at radius 1 is 1.17 bits per heavy atom. The lowest BCUT2D eigenvalue weighted by molar-refractivity contribution is 0.413. The van der Waals surface area contributed by atoms with Crippen molar-refractivity contribution in [3.8, 4) is 0 Å². The van der Waals surface area contributed by atoms with E-state index in [-0.39, 0.29) is 0 Å². The van der Waals surface area contributed by atoms with Gasteiger partial charge in [0.05, 0.1) is 0 Å². The first-order chi connectivity index (χ1) is 8.65. The lowest BCUT2D eigenvalue weighted by Crippen LogP contribution is -2.16. The van der Waals surface area contributed by atoms with Crippen LogP contribution >= 0.6 is 0 Å². The van der Waals surface area contributed by atoms with E-state index in [1.165, 1.54) is 31.2 Å². The average Bonchev–Trinajstić information content (AvgIpc) is 2.38. The third kappa shape index (κ3) is 4.45. The van der Waals surface area contributed by atoms with Gasteiger partial charge < -0.3 is 4.90 Å². The molecule has 18 heavy (non-hydrogen) atoms. The van der Waals surface area contributed by atoms with Crippen LogP contribution in [-0.2, 0) is 19.3 Å². The number of likely N-dealkylation sites (N-methyl/N-ethyl adjacent to an activating group) is 1. The lowest BCUT2D eigenvalue weighted by atomic mass is 9.84. The highest BCUT2D eigenvalue weighted by Crippen LogP contribution is 2.26. The monoisotopic (exact) mass is 247 g/mol. The molecular formula is C17H29N. The standard InChI is InChI=1S/C15H23N.C2H6/c1-12-4-6-15-11-13(8-9-16(2)3)5-7-14(15)10-12;1-2/h5,7,11-12H,4,6,8-10H2,1-3H3;1-2H3. The smallest absolute Gasteiger partial charge is 0.00157 e. The molecular weight excluding hydrogens is 218 g/mol. The van der Waals surface area contributed by atoms with Gasteiger partial charge >= 0.3 is 0 Å². The molecule has 102 valence electrons. The zero-order valence-corrected chi connectivity index (χ0v) is 12.8. The fourth-order valence-corrected chi connectivity index (χ4v) is 2.50. The van der Waals surface area contributed by atoms with Gasteiger partial charge in [0, 0.05) is 6.54 Å². The van der Waals surface area contributed by atoms with Crippen molar-refractivity contribution in [2.24, 2.45) is 5.92 Å². The van der Waals surface area contributed by atoms with Crippen molar-refractivity contribution in [1.29, 1.82) is 0 Å². The van der Waals surface area contributed by atoms with Gasteiger partial charge in [-0.1, -0.05) is 39.0 Å². The molecule has 0 N–H and O–H groups in total. The highest BCUT2D eigenvalue weighted by Gasteiger charge is 2.14. The van der Waals surface area contributed by atoms with Crippen LogP contribution in [0, 0.1) is 5.92 Å².